The highest BCUT2D eigenvalue weighted by Crippen LogP contribution is 2.18. The molecule has 1 fully saturated rings. The zero-order valence-corrected chi connectivity index (χ0v) is 16.4. The smallest absolute Gasteiger partial charge is 0.274 e. The van der Waals surface area contributed by atoms with E-state index in [1.54, 1.807) is 36.7 Å². The van der Waals surface area contributed by atoms with Gasteiger partial charge in [-0.3, -0.25) is 10.1 Å². The molecule has 1 saturated heterocycles. The average Bonchev–Trinajstić information content (AvgIpc) is 2.67. The van der Waals surface area contributed by atoms with Crippen LogP contribution in [-0.2, 0) is 6.54 Å². The van der Waals surface area contributed by atoms with E-state index in [1.807, 2.05) is 4.90 Å². The number of hydrogen-bond donors (Lipinski definition) is 1. The van der Waals surface area contributed by atoms with Crippen molar-refractivity contribution in [1.82, 2.24) is 14.9 Å². The Labute approximate surface area is 168 Å². The molecule has 2 aromatic rings. The monoisotopic (exact) mass is 469 g/mol. The Hall–Kier alpha value is -2.50. The molecule has 0 bridgehead atoms. The Morgan fingerprint density at radius 2 is 1.81 bits per heavy atom. The van der Waals surface area contributed by atoms with Gasteiger partial charge in [-0.1, -0.05) is 18.2 Å². The van der Waals surface area contributed by atoms with Crippen molar-refractivity contribution in [1.29, 1.82) is 0 Å². The van der Waals surface area contributed by atoms with Crippen LogP contribution in [0, 0.1) is 10.1 Å². The first-order valence-electron chi connectivity index (χ1n) is 7.94. The molecule has 3 rings (SSSR count). The lowest BCUT2D eigenvalue weighted by Gasteiger charge is -2.35. The minimum absolute atomic E-state index is 0. The topological polar surface area (TPSA) is 114 Å². The molecule has 0 unspecified atom stereocenters. The van der Waals surface area contributed by atoms with Crippen molar-refractivity contribution >= 4 is 41.6 Å². The van der Waals surface area contributed by atoms with Gasteiger partial charge in [-0.25, -0.2) is 15.0 Å². The third kappa shape index (κ3) is 4.77. The summed E-state index contributed by atoms with van der Waals surface area (Å²) in [6.45, 7) is 3.07. The first-order chi connectivity index (χ1) is 12.1. The summed E-state index contributed by atoms with van der Waals surface area (Å²) in [5.74, 6) is 1.10. The Balaban J connectivity index is 0.00000243. The number of nitrogens with two attached hydrogens (primary N) is 1. The minimum Gasteiger partial charge on any atom is -0.370 e. The van der Waals surface area contributed by atoms with Gasteiger partial charge in [-0.05, 0) is 6.07 Å². The molecule has 9 nitrogen and oxygen atoms in total. The molecule has 2 heterocycles. The Bertz CT molecular complexity index is 764. The number of aromatic nitrogens is 2. The number of guanidine groups is 1. The Morgan fingerprint density at radius 3 is 2.46 bits per heavy atom. The molecule has 1 aromatic carbocycles. The highest BCUT2D eigenvalue weighted by Gasteiger charge is 2.20. The van der Waals surface area contributed by atoms with E-state index in [9.17, 15) is 10.1 Å². The van der Waals surface area contributed by atoms with Gasteiger partial charge in [0.05, 0.1) is 17.0 Å². The van der Waals surface area contributed by atoms with E-state index in [0.717, 1.165) is 13.1 Å². The van der Waals surface area contributed by atoms with Gasteiger partial charge >= 0.3 is 0 Å². The number of piperazine rings is 1. The third-order valence-corrected chi connectivity index (χ3v) is 4.04. The first kappa shape index (κ1) is 19.8. The predicted molar refractivity (Wildman–Crippen MR) is 110 cm³/mol. The zero-order valence-electron chi connectivity index (χ0n) is 14.1. The maximum Gasteiger partial charge on any atom is 0.274 e. The second-order valence-electron chi connectivity index (χ2n) is 5.58. The lowest BCUT2D eigenvalue weighted by molar-refractivity contribution is -0.385. The number of nitro groups is 1. The lowest BCUT2D eigenvalue weighted by atomic mass is 10.2. The molecule has 0 amide bonds. The van der Waals surface area contributed by atoms with E-state index in [4.69, 9.17) is 5.73 Å². The summed E-state index contributed by atoms with van der Waals surface area (Å²) >= 11 is 0. The molecule has 10 heteroatoms. The van der Waals surface area contributed by atoms with E-state index in [0.29, 0.717) is 30.6 Å². The average molecular weight is 469 g/mol. The van der Waals surface area contributed by atoms with Crippen LogP contribution in [0.1, 0.15) is 5.56 Å². The minimum atomic E-state index is -0.403. The summed E-state index contributed by atoms with van der Waals surface area (Å²) in [6, 6.07) is 8.35. The van der Waals surface area contributed by atoms with Gasteiger partial charge in [-0.15, -0.1) is 24.0 Å². The second-order valence-corrected chi connectivity index (χ2v) is 5.58. The highest BCUT2D eigenvalue weighted by atomic mass is 127. The largest absolute Gasteiger partial charge is 0.370 e. The molecular weight excluding hydrogens is 449 g/mol. The van der Waals surface area contributed by atoms with Gasteiger partial charge in [0.1, 0.15) is 0 Å². The summed E-state index contributed by atoms with van der Waals surface area (Å²) in [7, 11) is 0. The van der Waals surface area contributed by atoms with Crippen molar-refractivity contribution in [2.45, 2.75) is 6.54 Å². The van der Waals surface area contributed by atoms with Crippen LogP contribution in [0.5, 0.6) is 0 Å². The van der Waals surface area contributed by atoms with E-state index in [-0.39, 0.29) is 36.2 Å². The van der Waals surface area contributed by atoms with Crippen LogP contribution in [0.15, 0.2) is 47.7 Å². The number of nitro benzene ring substituents is 1. The van der Waals surface area contributed by atoms with E-state index >= 15 is 0 Å². The quantitative estimate of drug-likeness (QED) is 0.238. The molecule has 0 spiro atoms. The van der Waals surface area contributed by atoms with Gasteiger partial charge in [0.2, 0.25) is 5.95 Å². The summed E-state index contributed by atoms with van der Waals surface area (Å²) in [5, 5.41) is 11.0. The summed E-state index contributed by atoms with van der Waals surface area (Å²) in [5.41, 5.74) is 6.67. The predicted octanol–water partition coefficient (Wildman–Crippen LogP) is 1.64. The van der Waals surface area contributed by atoms with Crippen LogP contribution >= 0.6 is 24.0 Å². The van der Waals surface area contributed by atoms with E-state index in [2.05, 4.69) is 19.9 Å². The lowest BCUT2D eigenvalue weighted by Crippen LogP contribution is -2.51. The molecule has 26 heavy (non-hydrogen) atoms. The Kier molecular flexibility index (Phi) is 7.06. The van der Waals surface area contributed by atoms with Crippen LogP contribution in [-0.4, -0.2) is 51.9 Å². The molecule has 1 aromatic heterocycles. The maximum absolute atomic E-state index is 11.0. The van der Waals surface area contributed by atoms with Crippen LogP contribution in [0.25, 0.3) is 0 Å². The van der Waals surface area contributed by atoms with Crippen LogP contribution in [0.3, 0.4) is 0 Å². The molecule has 0 aliphatic carbocycles. The molecule has 2 N–H and O–H groups in total. The van der Waals surface area contributed by atoms with E-state index < -0.39 is 4.92 Å². The van der Waals surface area contributed by atoms with Gasteiger partial charge in [-0.2, -0.15) is 0 Å². The molecule has 0 atom stereocenters. The number of hydrogen-bond acceptors (Lipinski definition) is 6. The van der Waals surface area contributed by atoms with Crippen molar-refractivity contribution in [3.05, 3.63) is 58.4 Å². The molecule has 0 saturated carbocycles. The number of rotatable bonds is 4. The fourth-order valence-corrected chi connectivity index (χ4v) is 2.68. The highest BCUT2D eigenvalue weighted by molar-refractivity contribution is 14.0. The van der Waals surface area contributed by atoms with Crippen molar-refractivity contribution in [3.63, 3.8) is 0 Å². The molecule has 1 aliphatic heterocycles. The summed E-state index contributed by atoms with van der Waals surface area (Å²) in [6.07, 6.45) is 3.44. The zero-order chi connectivity index (χ0) is 17.6. The molecular formula is C16H20IN7O2. The van der Waals surface area contributed by atoms with E-state index in [1.165, 1.54) is 6.07 Å². The first-order valence-corrected chi connectivity index (χ1v) is 7.94. The van der Waals surface area contributed by atoms with Crippen molar-refractivity contribution < 1.29 is 4.92 Å². The van der Waals surface area contributed by atoms with Gasteiger partial charge in [0, 0.05) is 44.6 Å². The SMILES string of the molecule is I.NC(=NCc1ccccc1[N+](=O)[O-])N1CCN(c2ncccn2)CC1. The van der Waals surface area contributed by atoms with Gasteiger partial charge in [0.15, 0.2) is 5.96 Å². The van der Waals surface area contributed by atoms with Crippen LogP contribution in [0.4, 0.5) is 11.6 Å². The summed E-state index contributed by atoms with van der Waals surface area (Å²) in [4.78, 5) is 27.5. The van der Waals surface area contributed by atoms with Crippen molar-refractivity contribution in [2.75, 3.05) is 31.1 Å². The second kappa shape index (κ2) is 9.27. The number of halogens is 1. The molecule has 1 aliphatic rings. The van der Waals surface area contributed by atoms with Crippen LogP contribution < -0.4 is 10.6 Å². The Morgan fingerprint density at radius 1 is 1.15 bits per heavy atom. The van der Waals surface area contributed by atoms with Crippen molar-refractivity contribution in [3.8, 4) is 0 Å². The normalized spacial score (nSPS) is 14.7. The van der Waals surface area contributed by atoms with Gasteiger partial charge < -0.3 is 15.5 Å². The fourth-order valence-electron chi connectivity index (χ4n) is 2.68. The van der Waals surface area contributed by atoms with Gasteiger partial charge in [0.25, 0.3) is 5.69 Å². The number of aliphatic imine (C=N–C) groups is 1. The third-order valence-electron chi connectivity index (χ3n) is 4.04. The molecule has 138 valence electrons. The number of anilines is 1. The number of benzene rings is 1. The maximum atomic E-state index is 11.0. The number of para-hydroxylation sites is 1. The number of nitrogens with zero attached hydrogens (tertiary/aromatic N) is 6. The fraction of sp³-hybridized carbons (Fsp3) is 0.312. The summed E-state index contributed by atoms with van der Waals surface area (Å²) < 4.78 is 0. The van der Waals surface area contributed by atoms with Crippen LogP contribution in [0.2, 0.25) is 0 Å². The standard InChI is InChI=1S/C16H19N7O2.HI/c17-15(20-12-13-4-1-2-5-14(13)23(24)25)21-8-10-22(11-9-21)16-18-6-3-7-19-16;/h1-7H,8-12H2,(H2,17,20);1H. The van der Waals surface area contributed by atoms with Crippen molar-refractivity contribution in [2.24, 2.45) is 10.7 Å². The molecule has 0 radical (unpaired) electrons.